The highest BCUT2D eigenvalue weighted by Gasteiger charge is 2.17. The Labute approximate surface area is 105 Å². The van der Waals surface area contributed by atoms with E-state index >= 15 is 0 Å². The lowest BCUT2D eigenvalue weighted by Gasteiger charge is -2.25. The van der Waals surface area contributed by atoms with Gasteiger partial charge in [-0.25, -0.2) is 4.98 Å². The molecule has 5 heteroatoms. The highest BCUT2D eigenvalue weighted by molar-refractivity contribution is 9.10. The first kappa shape index (κ1) is 13.2. The average molecular weight is 287 g/mol. The molecule has 1 rings (SSSR count). The molecule has 1 heterocycles. The molecule has 0 saturated carbocycles. The zero-order chi connectivity index (χ0) is 12.2. The lowest BCUT2D eigenvalue weighted by atomic mass is 10.0. The molecule has 0 bridgehead atoms. The van der Waals surface area contributed by atoms with Gasteiger partial charge in [0.25, 0.3) is 0 Å². The maximum absolute atomic E-state index is 4.41. The van der Waals surface area contributed by atoms with Crippen LogP contribution in [0.25, 0.3) is 0 Å². The van der Waals surface area contributed by atoms with Crippen molar-refractivity contribution in [3.8, 4) is 0 Å². The molecule has 0 saturated heterocycles. The zero-order valence-corrected chi connectivity index (χ0v) is 11.8. The second-order valence-electron chi connectivity index (χ2n) is 4.28. The molecule has 0 spiro atoms. The third kappa shape index (κ3) is 3.63. The molecule has 0 fully saturated rings. The third-order valence-electron chi connectivity index (χ3n) is 2.42. The van der Waals surface area contributed by atoms with Gasteiger partial charge in [-0.15, -0.1) is 0 Å². The number of hydrogen-bond acceptors (Lipinski definition) is 4. The first-order valence-electron chi connectivity index (χ1n) is 5.53. The molecule has 0 aliphatic heterocycles. The quantitative estimate of drug-likeness (QED) is 0.872. The Kier molecular flexibility index (Phi) is 4.53. The maximum atomic E-state index is 4.41. The lowest BCUT2D eigenvalue weighted by molar-refractivity contribution is 0.544. The molecule has 0 aliphatic carbocycles. The Bertz CT molecular complexity index is 352. The molecule has 1 aromatic rings. The van der Waals surface area contributed by atoms with Gasteiger partial charge in [0.2, 0.25) is 5.95 Å². The van der Waals surface area contributed by atoms with Gasteiger partial charge in [0, 0.05) is 18.3 Å². The maximum Gasteiger partial charge on any atom is 0.224 e. The summed E-state index contributed by atoms with van der Waals surface area (Å²) in [6.45, 7) is 9.28. The number of aromatic nitrogens is 2. The smallest absolute Gasteiger partial charge is 0.224 e. The fourth-order valence-corrected chi connectivity index (χ4v) is 1.40. The van der Waals surface area contributed by atoms with Crippen LogP contribution >= 0.6 is 15.9 Å². The van der Waals surface area contributed by atoms with Crippen molar-refractivity contribution in [3.05, 3.63) is 10.7 Å². The van der Waals surface area contributed by atoms with Crippen molar-refractivity contribution in [2.45, 2.75) is 39.7 Å². The van der Waals surface area contributed by atoms with Crippen molar-refractivity contribution in [1.82, 2.24) is 9.97 Å². The second-order valence-corrected chi connectivity index (χ2v) is 5.14. The molecule has 2 N–H and O–H groups in total. The minimum atomic E-state index is 0.0281. The zero-order valence-electron chi connectivity index (χ0n) is 10.3. The summed E-state index contributed by atoms with van der Waals surface area (Å²) in [5, 5.41) is 6.49. The largest absolute Gasteiger partial charge is 0.364 e. The van der Waals surface area contributed by atoms with Crippen LogP contribution in [0.15, 0.2) is 10.7 Å². The molecule has 0 aromatic carbocycles. The summed E-state index contributed by atoms with van der Waals surface area (Å²) in [7, 11) is 0. The van der Waals surface area contributed by atoms with Gasteiger partial charge in [-0.05, 0) is 43.1 Å². The predicted octanol–water partition coefficient (Wildman–Crippen LogP) is 3.27. The SMILES string of the molecule is CCNc1ncc(Br)c(NC(C)(C)CC)n1. The number of nitrogens with one attached hydrogen (secondary N) is 2. The molecular weight excluding hydrogens is 268 g/mol. The molecule has 0 aliphatic rings. The van der Waals surface area contributed by atoms with E-state index in [1.54, 1.807) is 6.20 Å². The van der Waals surface area contributed by atoms with Crippen LogP contribution in [0.2, 0.25) is 0 Å². The number of hydrogen-bond donors (Lipinski definition) is 2. The van der Waals surface area contributed by atoms with Crippen molar-refractivity contribution in [2.75, 3.05) is 17.2 Å². The third-order valence-corrected chi connectivity index (χ3v) is 3.00. The van der Waals surface area contributed by atoms with E-state index in [4.69, 9.17) is 0 Å². The average Bonchev–Trinajstić information content (AvgIpc) is 2.23. The van der Waals surface area contributed by atoms with Gasteiger partial charge in [-0.1, -0.05) is 6.92 Å². The minimum absolute atomic E-state index is 0.0281. The van der Waals surface area contributed by atoms with E-state index < -0.39 is 0 Å². The van der Waals surface area contributed by atoms with Crippen molar-refractivity contribution in [3.63, 3.8) is 0 Å². The summed E-state index contributed by atoms with van der Waals surface area (Å²) in [5.74, 6) is 1.48. The van der Waals surface area contributed by atoms with Crippen molar-refractivity contribution >= 4 is 27.7 Å². The number of anilines is 2. The summed E-state index contributed by atoms with van der Waals surface area (Å²) < 4.78 is 0.885. The molecular formula is C11H19BrN4. The van der Waals surface area contributed by atoms with Crippen LogP contribution in [-0.4, -0.2) is 22.1 Å². The second kappa shape index (κ2) is 5.48. The topological polar surface area (TPSA) is 49.8 Å². The number of halogens is 1. The van der Waals surface area contributed by atoms with E-state index in [0.29, 0.717) is 5.95 Å². The van der Waals surface area contributed by atoms with Crippen LogP contribution in [-0.2, 0) is 0 Å². The summed E-state index contributed by atoms with van der Waals surface area (Å²) in [5.41, 5.74) is 0.0281. The van der Waals surface area contributed by atoms with Gasteiger partial charge < -0.3 is 10.6 Å². The normalized spacial score (nSPS) is 11.3. The monoisotopic (exact) mass is 286 g/mol. The van der Waals surface area contributed by atoms with Gasteiger partial charge in [-0.3, -0.25) is 0 Å². The van der Waals surface area contributed by atoms with Crippen LogP contribution < -0.4 is 10.6 Å². The standard InChI is InChI=1S/C11H19BrN4/c1-5-11(3,4)16-9-8(12)7-14-10(15-9)13-6-2/h7H,5-6H2,1-4H3,(H2,13,14,15,16). The van der Waals surface area contributed by atoms with Crippen LogP contribution in [0.5, 0.6) is 0 Å². The summed E-state index contributed by atoms with van der Waals surface area (Å²) in [4.78, 5) is 8.59. The van der Waals surface area contributed by atoms with Crippen molar-refractivity contribution in [1.29, 1.82) is 0 Å². The van der Waals surface area contributed by atoms with E-state index in [0.717, 1.165) is 23.3 Å². The molecule has 0 radical (unpaired) electrons. The Morgan fingerprint density at radius 3 is 2.62 bits per heavy atom. The molecule has 90 valence electrons. The van der Waals surface area contributed by atoms with Gasteiger partial charge in [-0.2, -0.15) is 4.98 Å². The van der Waals surface area contributed by atoms with E-state index in [1.165, 1.54) is 0 Å². The highest BCUT2D eigenvalue weighted by atomic mass is 79.9. The Morgan fingerprint density at radius 1 is 1.38 bits per heavy atom. The van der Waals surface area contributed by atoms with Crippen LogP contribution in [0, 0.1) is 0 Å². The molecule has 0 amide bonds. The van der Waals surface area contributed by atoms with Gasteiger partial charge >= 0.3 is 0 Å². The predicted molar refractivity (Wildman–Crippen MR) is 71.9 cm³/mol. The fraction of sp³-hybridized carbons (Fsp3) is 0.636. The van der Waals surface area contributed by atoms with Gasteiger partial charge in [0.1, 0.15) is 5.82 Å². The number of nitrogens with zero attached hydrogens (tertiary/aromatic N) is 2. The fourth-order valence-electron chi connectivity index (χ4n) is 1.11. The molecule has 1 aromatic heterocycles. The molecule has 0 atom stereocenters. The van der Waals surface area contributed by atoms with E-state index in [2.05, 4.69) is 57.3 Å². The van der Waals surface area contributed by atoms with E-state index in [-0.39, 0.29) is 5.54 Å². The van der Waals surface area contributed by atoms with E-state index in [1.807, 2.05) is 6.92 Å². The molecule has 16 heavy (non-hydrogen) atoms. The van der Waals surface area contributed by atoms with Crippen molar-refractivity contribution in [2.24, 2.45) is 0 Å². The Hall–Kier alpha value is -0.840. The van der Waals surface area contributed by atoms with Crippen LogP contribution in [0.1, 0.15) is 34.1 Å². The van der Waals surface area contributed by atoms with Gasteiger partial charge in [0.05, 0.1) is 4.47 Å². The summed E-state index contributed by atoms with van der Waals surface area (Å²) in [6.07, 6.45) is 2.79. The first-order chi connectivity index (χ1) is 7.48. The van der Waals surface area contributed by atoms with Gasteiger partial charge in [0.15, 0.2) is 0 Å². The van der Waals surface area contributed by atoms with Crippen LogP contribution in [0.3, 0.4) is 0 Å². The lowest BCUT2D eigenvalue weighted by Crippen LogP contribution is -2.30. The van der Waals surface area contributed by atoms with E-state index in [9.17, 15) is 0 Å². The minimum Gasteiger partial charge on any atom is -0.364 e. The number of rotatable bonds is 5. The Balaban J connectivity index is 2.89. The summed E-state index contributed by atoms with van der Waals surface area (Å²) in [6, 6.07) is 0. The summed E-state index contributed by atoms with van der Waals surface area (Å²) >= 11 is 3.45. The Morgan fingerprint density at radius 2 is 2.06 bits per heavy atom. The van der Waals surface area contributed by atoms with Crippen LogP contribution in [0.4, 0.5) is 11.8 Å². The highest BCUT2D eigenvalue weighted by Crippen LogP contribution is 2.24. The molecule has 0 unspecified atom stereocenters. The first-order valence-corrected chi connectivity index (χ1v) is 6.32. The van der Waals surface area contributed by atoms with Crippen molar-refractivity contribution < 1.29 is 0 Å². The molecule has 4 nitrogen and oxygen atoms in total.